The van der Waals surface area contributed by atoms with Crippen LogP contribution in [0.3, 0.4) is 0 Å². The smallest absolute Gasteiger partial charge is 0.308 e. The van der Waals surface area contributed by atoms with Crippen molar-refractivity contribution in [3.8, 4) is 0 Å². The van der Waals surface area contributed by atoms with Gasteiger partial charge in [-0.1, -0.05) is 32.6 Å². The zero-order chi connectivity index (χ0) is 9.23. The molecule has 72 valence electrons. The second-order valence-electron chi connectivity index (χ2n) is 2.84. The van der Waals surface area contributed by atoms with Crippen LogP contribution >= 0.6 is 8.81 Å². The minimum atomic E-state index is -0.0349. The van der Waals surface area contributed by atoms with E-state index in [1.54, 1.807) is 0 Å². The molecule has 0 N–H and O–H groups in total. The summed E-state index contributed by atoms with van der Waals surface area (Å²) in [5, 5.41) is 0. The molecule has 1 unspecified atom stereocenters. The van der Waals surface area contributed by atoms with Gasteiger partial charge < -0.3 is 4.52 Å². The third-order valence-corrected chi connectivity index (χ3v) is 2.13. The van der Waals surface area contributed by atoms with E-state index in [9.17, 15) is 4.79 Å². The van der Waals surface area contributed by atoms with Gasteiger partial charge in [-0.15, -0.1) is 0 Å². The lowest BCUT2D eigenvalue weighted by Crippen LogP contribution is -1.96. The summed E-state index contributed by atoms with van der Waals surface area (Å²) >= 11 is 0. The molecule has 0 aromatic heterocycles. The van der Waals surface area contributed by atoms with Crippen molar-refractivity contribution in [3.63, 3.8) is 0 Å². The van der Waals surface area contributed by atoms with Crippen LogP contribution in [0.1, 0.15) is 45.4 Å². The van der Waals surface area contributed by atoms with E-state index in [-0.39, 0.29) is 5.97 Å². The van der Waals surface area contributed by atoms with E-state index in [2.05, 4.69) is 6.92 Å². The van der Waals surface area contributed by atoms with Crippen molar-refractivity contribution < 1.29 is 9.32 Å². The Kier molecular flexibility index (Phi) is 8.92. The normalized spacial score (nSPS) is 10.8. The summed E-state index contributed by atoms with van der Waals surface area (Å²) in [4.78, 5) is 10.9. The fourth-order valence-corrected chi connectivity index (χ4v) is 1.37. The van der Waals surface area contributed by atoms with E-state index < -0.39 is 0 Å². The van der Waals surface area contributed by atoms with Gasteiger partial charge in [0.2, 0.25) is 0 Å². The van der Waals surface area contributed by atoms with Crippen molar-refractivity contribution >= 4 is 14.8 Å². The summed E-state index contributed by atoms with van der Waals surface area (Å²) in [5.41, 5.74) is 0. The maximum Gasteiger partial charge on any atom is 0.308 e. The first kappa shape index (κ1) is 11.9. The van der Waals surface area contributed by atoms with Gasteiger partial charge in [0.05, 0.1) is 8.81 Å². The molecule has 0 amide bonds. The van der Waals surface area contributed by atoms with Gasteiger partial charge in [0.1, 0.15) is 0 Å². The maximum absolute atomic E-state index is 10.9. The third kappa shape index (κ3) is 8.00. The van der Waals surface area contributed by atoms with Crippen LogP contribution < -0.4 is 0 Å². The van der Waals surface area contributed by atoms with Gasteiger partial charge in [-0.05, 0) is 13.1 Å². The lowest BCUT2D eigenvalue weighted by atomic mass is 10.1. The number of rotatable bonds is 7. The molecule has 1 atom stereocenters. The minimum Gasteiger partial charge on any atom is -0.449 e. The van der Waals surface area contributed by atoms with Crippen LogP contribution in [0.4, 0.5) is 0 Å². The van der Waals surface area contributed by atoms with Crippen LogP contribution in [0.5, 0.6) is 0 Å². The molecule has 0 fully saturated rings. The average Bonchev–Trinajstić information content (AvgIpc) is 2.05. The van der Waals surface area contributed by atoms with E-state index in [0.29, 0.717) is 15.2 Å². The zero-order valence-electron chi connectivity index (χ0n) is 8.06. The van der Waals surface area contributed by atoms with Gasteiger partial charge in [0.15, 0.2) is 0 Å². The second-order valence-corrected chi connectivity index (χ2v) is 3.45. The Morgan fingerprint density at radius 1 is 1.25 bits per heavy atom. The lowest BCUT2D eigenvalue weighted by molar-refractivity contribution is -0.133. The monoisotopic (exact) mass is 190 g/mol. The van der Waals surface area contributed by atoms with Crippen LogP contribution in [-0.2, 0) is 9.32 Å². The molecule has 0 aromatic carbocycles. The molecule has 3 heteroatoms. The largest absolute Gasteiger partial charge is 0.449 e. The molecule has 0 aliphatic rings. The zero-order valence-corrected chi connectivity index (χ0v) is 9.06. The van der Waals surface area contributed by atoms with Gasteiger partial charge in [0.25, 0.3) is 0 Å². The predicted molar refractivity (Wildman–Crippen MR) is 53.7 cm³/mol. The molecule has 0 heterocycles. The number of carbonyl (C=O) groups is 1. The van der Waals surface area contributed by atoms with Crippen molar-refractivity contribution in [1.29, 1.82) is 0 Å². The predicted octanol–water partition coefficient (Wildman–Crippen LogP) is 3.11. The van der Waals surface area contributed by atoms with E-state index in [1.807, 2.05) is 6.66 Å². The maximum atomic E-state index is 10.9. The first-order chi connectivity index (χ1) is 5.81. The summed E-state index contributed by atoms with van der Waals surface area (Å²) < 4.78 is 4.84. The standard InChI is InChI=1S/C9H19O2P/c1-3-4-5-6-7-8-9(10)11-12-2/h12H,3-8H2,1-2H3. The Bertz CT molecular complexity index is 115. The van der Waals surface area contributed by atoms with E-state index >= 15 is 0 Å². The SMILES string of the molecule is CCCCCCCC(=O)OPC. The highest BCUT2D eigenvalue weighted by molar-refractivity contribution is 7.31. The summed E-state index contributed by atoms with van der Waals surface area (Å²) in [7, 11) is 0.301. The van der Waals surface area contributed by atoms with Crippen molar-refractivity contribution in [2.75, 3.05) is 6.66 Å². The van der Waals surface area contributed by atoms with Crippen LogP contribution in [0.25, 0.3) is 0 Å². The van der Waals surface area contributed by atoms with Crippen LogP contribution in [-0.4, -0.2) is 12.6 Å². The molecule has 0 bridgehead atoms. The van der Waals surface area contributed by atoms with Crippen LogP contribution in [0.2, 0.25) is 0 Å². The van der Waals surface area contributed by atoms with E-state index in [4.69, 9.17) is 4.52 Å². The van der Waals surface area contributed by atoms with Crippen LogP contribution in [0.15, 0.2) is 0 Å². The molecule has 2 nitrogen and oxygen atoms in total. The molecule has 0 saturated heterocycles. The quantitative estimate of drug-likeness (QED) is 0.455. The molecule has 0 rings (SSSR count). The average molecular weight is 190 g/mol. The fraction of sp³-hybridized carbons (Fsp3) is 0.889. The highest BCUT2D eigenvalue weighted by Crippen LogP contribution is 2.10. The molecule has 0 aliphatic carbocycles. The number of carbonyl (C=O) groups excluding carboxylic acids is 1. The topological polar surface area (TPSA) is 26.3 Å². The molecular weight excluding hydrogens is 171 g/mol. The highest BCUT2D eigenvalue weighted by Gasteiger charge is 1.99. The van der Waals surface area contributed by atoms with Crippen molar-refractivity contribution in [2.45, 2.75) is 45.4 Å². The molecule has 12 heavy (non-hydrogen) atoms. The molecule has 0 saturated carbocycles. The Labute approximate surface area is 76.9 Å². The van der Waals surface area contributed by atoms with E-state index in [0.717, 1.165) is 12.8 Å². The van der Waals surface area contributed by atoms with Gasteiger partial charge in [-0.25, -0.2) is 0 Å². The first-order valence-electron chi connectivity index (χ1n) is 4.67. The molecule has 0 aromatic rings. The van der Waals surface area contributed by atoms with Crippen molar-refractivity contribution in [2.24, 2.45) is 0 Å². The fourth-order valence-electron chi connectivity index (χ4n) is 1.04. The van der Waals surface area contributed by atoms with Gasteiger partial charge >= 0.3 is 5.97 Å². The summed E-state index contributed by atoms with van der Waals surface area (Å²) in [6.45, 7) is 4.06. The molecular formula is C9H19O2P. The number of unbranched alkanes of at least 4 members (excludes halogenated alkanes) is 4. The van der Waals surface area contributed by atoms with Gasteiger partial charge in [-0.3, -0.25) is 4.79 Å². The Morgan fingerprint density at radius 2 is 1.92 bits per heavy atom. The Morgan fingerprint density at radius 3 is 2.50 bits per heavy atom. The highest BCUT2D eigenvalue weighted by atomic mass is 31.1. The Hall–Kier alpha value is -0.100. The second kappa shape index (κ2) is 8.99. The summed E-state index contributed by atoms with van der Waals surface area (Å²) in [6.07, 6.45) is 6.53. The summed E-state index contributed by atoms with van der Waals surface area (Å²) in [6, 6.07) is 0. The Balaban J connectivity index is 3.03. The van der Waals surface area contributed by atoms with Crippen molar-refractivity contribution in [3.05, 3.63) is 0 Å². The van der Waals surface area contributed by atoms with Gasteiger partial charge in [0, 0.05) is 6.42 Å². The molecule has 0 spiro atoms. The summed E-state index contributed by atoms with van der Waals surface area (Å²) in [5.74, 6) is -0.0349. The lowest BCUT2D eigenvalue weighted by Gasteiger charge is -2.00. The third-order valence-electron chi connectivity index (χ3n) is 1.70. The molecule has 0 radical (unpaired) electrons. The van der Waals surface area contributed by atoms with Gasteiger partial charge in [-0.2, -0.15) is 0 Å². The van der Waals surface area contributed by atoms with E-state index in [1.165, 1.54) is 19.3 Å². The van der Waals surface area contributed by atoms with Crippen LogP contribution in [0, 0.1) is 0 Å². The number of hydrogen-bond acceptors (Lipinski definition) is 2. The van der Waals surface area contributed by atoms with Crippen molar-refractivity contribution in [1.82, 2.24) is 0 Å². The molecule has 0 aliphatic heterocycles. The number of hydrogen-bond donors (Lipinski definition) is 0. The first-order valence-corrected chi connectivity index (χ1v) is 6.08. The minimum absolute atomic E-state index is 0.0349.